The van der Waals surface area contributed by atoms with Crippen molar-refractivity contribution >= 4 is 23.7 Å². The third-order valence-electron chi connectivity index (χ3n) is 2.87. The van der Waals surface area contributed by atoms with Crippen molar-refractivity contribution < 1.29 is 9.59 Å². The molecule has 2 aromatic rings. The maximum absolute atomic E-state index is 11.7. The zero-order chi connectivity index (χ0) is 16.1. The Morgan fingerprint density at radius 1 is 1.36 bits per heavy atom. The monoisotopic (exact) mass is 320 g/mol. The number of hydrogen-bond acceptors (Lipinski definition) is 6. The summed E-state index contributed by atoms with van der Waals surface area (Å²) in [5.41, 5.74) is 5.84. The van der Waals surface area contributed by atoms with Gasteiger partial charge >= 0.3 is 6.03 Å². The first kappa shape index (κ1) is 16.0. The van der Waals surface area contributed by atoms with Crippen LogP contribution in [-0.4, -0.2) is 36.9 Å². The Balaban J connectivity index is 2.21. The summed E-state index contributed by atoms with van der Waals surface area (Å²) in [6.45, 7) is 4.28. The van der Waals surface area contributed by atoms with Crippen LogP contribution >= 0.6 is 11.8 Å². The molecule has 0 unspecified atom stereocenters. The zero-order valence-electron chi connectivity index (χ0n) is 12.2. The number of rotatable bonds is 5. The quantitative estimate of drug-likeness (QED) is 0.795. The Hall–Kier alpha value is -2.42. The largest absolute Gasteiger partial charge is 0.351 e. The minimum absolute atomic E-state index is 0.464. The molecule has 0 saturated carbocycles. The average Bonchev–Trinajstić information content (AvgIpc) is 2.90. The summed E-state index contributed by atoms with van der Waals surface area (Å²) in [6, 6.07) is 2.81. The SMILES string of the molecule is CCn1c(S[C@@H](C)C(=O)NC(N)=O)nnc1-c1ccncc1. The molecule has 8 nitrogen and oxygen atoms in total. The van der Waals surface area contributed by atoms with Gasteiger partial charge in [0.2, 0.25) is 5.91 Å². The molecule has 0 aliphatic heterocycles. The summed E-state index contributed by atoms with van der Waals surface area (Å²) in [5.74, 6) is 0.239. The highest BCUT2D eigenvalue weighted by atomic mass is 32.2. The minimum Gasteiger partial charge on any atom is -0.351 e. The molecule has 0 aromatic carbocycles. The van der Waals surface area contributed by atoms with Gasteiger partial charge in [-0.05, 0) is 26.0 Å². The van der Waals surface area contributed by atoms with Crippen LogP contribution in [0, 0.1) is 0 Å². The fourth-order valence-corrected chi connectivity index (χ4v) is 2.72. The smallest absolute Gasteiger partial charge is 0.318 e. The van der Waals surface area contributed by atoms with Crippen LogP contribution in [0.4, 0.5) is 4.79 Å². The number of nitrogens with two attached hydrogens (primary N) is 1. The van der Waals surface area contributed by atoms with Gasteiger partial charge in [0.25, 0.3) is 0 Å². The van der Waals surface area contributed by atoms with Gasteiger partial charge in [0.15, 0.2) is 11.0 Å². The lowest BCUT2D eigenvalue weighted by atomic mass is 10.2. The lowest BCUT2D eigenvalue weighted by Crippen LogP contribution is -2.39. The predicted molar refractivity (Wildman–Crippen MR) is 82.0 cm³/mol. The highest BCUT2D eigenvalue weighted by Crippen LogP contribution is 2.26. The second-order valence-electron chi connectivity index (χ2n) is 4.40. The summed E-state index contributed by atoms with van der Waals surface area (Å²) in [6.07, 6.45) is 3.36. The second kappa shape index (κ2) is 7.03. The number of hydrogen-bond donors (Lipinski definition) is 2. The first-order valence-electron chi connectivity index (χ1n) is 6.63. The van der Waals surface area contributed by atoms with E-state index >= 15 is 0 Å². The maximum atomic E-state index is 11.7. The van der Waals surface area contributed by atoms with Crippen LogP contribution in [-0.2, 0) is 11.3 Å². The van der Waals surface area contributed by atoms with Gasteiger partial charge in [-0.2, -0.15) is 0 Å². The molecule has 0 radical (unpaired) electrons. The Bertz CT molecular complexity index is 672. The first-order valence-corrected chi connectivity index (χ1v) is 7.51. The van der Waals surface area contributed by atoms with E-state index in [-0.39, 0.29) is 0 Å². The molecule has 2 rings (SSSR count). The Morgan fingerprint density at radius 3 is 2.64 bits per heavy atom. The van der Waals surface area contributed by atoms with Crippen LogP contribution < -0.4 is 11.1 Å². The van der Waals surface area contributed by atoms with Gasteiger partial charge in [-0.15, -0.1) is 10.2 Å². The lowest BCUT2D eigenvalue weighted by Gasteiger charge is -2.11. The highest BCUT2D eigenvalue weighted by Gasteiger charge is 2.20. The van der Waals surface area contributed by atoms with Gasteiger partial charge < -0.3 is 10.3 Å². The summed E-state index contributed by atoms with van der Waals surface area (Å²) in [7, 11) is 0. The number of aromatic nitrogens is 4. The van der Waals surface area contributed by atoms with E-state index in [1.165, 1.54) is 11.8 Å². The van der Waals surface area contributed by atoms with Gasteiger partial charge in [0.05, 0.1) is 5.25 Å². The summed E-state index contributed by atoms with van der Waals surface area (Å²) in [4.78, 5) is 26.4. The van der Waals surface area contributed by atoms with E-state index in [4.69, 9.17) is 5.73 Å². The molecular formula is C13H16N6O2S. The van der Waals surface area contributed by atoms with Gasteiger partial charge in [0.1, 0.15) is 0 Å². The third kappa shape index (κ3) is 3.61. The zero-order valence-corrected chi connectivity index (χ0v) is 13.0. The number of amides is 3. The number of pyridine rings is 1. The van der Waals surface area contributed by atoms with Gasteiger partial charge in [-0.1, -0.05) is 11.8 Å². The number of nitrogens with zero attached hydrogens (tertiary/aromatic N) is 4. The molecular weight excluding hydrogens is 304 g/mol. The topological polar surface area (TPSA) is 116 Å². The van der Waals surface area contributed by atoms with Crippen molar-refractivity contribution in [2.75, 3.05) is 0 Å². The maximum Gasteiger partial charge on any atom is 0.318 e. The van der Waals surface area contributed by atoms with E-state index in [2.05, 4.69) is 20.5 Å². The van der Waals surface area contributed by atoms with Crippen molar-refractivity contribution in [2.24, 2.45) is 5.73 Å². The number of imide groups is 1. The van der Waals surface area contributed by atoms with E-state index < -0.39 is 17.2 Å². The van der Waals surface area contributed by atoms with Crippen molar-refractivity contribution in [3.63, 3.8) is 0 Å². The Morgan fingerprint density at radius 2 is 2.05 bits per heavy atom. The first-order chi connectivity index (χ1) is 10.5. The molecule has 2 heterocycles. The van der Waals surface area contributed by atoms with E-state index in [9.17, 15) is 9.59 Å². The van der Waals surface area contributed by atoms with Crippen LogP contribution in [0.1, 0.15) is 13.8 Å². The van der Waals surface area contributed by atoms with Crippen LogP contribution in [0.15, 0.2) is 29.7 Å². The third-order valence-corrected chi connectivity index (χ3v) is 3.95. The standard InChI is InChI=1S/C13H16N6O2S/c1-3-19-10(9-4-6-15-7-5-9)17-18-13(19)22-8(2)11(20)16-12(14)21/h4-8H,3H2,1-2H3,(H3,14,16,20,21)/t8-/m0/s1. The molecule has 0 fully saturated rings. The summed E-state index contributed by atoms with van der Waals surface area (Å²) < 4.78 is 1.90. The van der Waals surface area contributed by atoms with Crippen LogP contribution in [0.2, 0.25) is 0 Å². The van der Waals surface area contributed by atoms with Crippen molar-refractivity contribution in [3.8, 4) is 11.4 Å². The molecule has 0 spiro atoms. The molecule has 0 aliphatic carbocycles. The molecule has 0 saturated heterocycles. The fourth-order valence-electron chi connectivity index (χ4n) is 1.81. The van der Waals surface area contributed by atoms with Crippen LogP contribution in [0.25, 0.3) is 11.4 Å². The van der Waals surface area contributed by atoms with Crippen molar-refractivity contribution in [3.05, 3.63) is 24.5 Å². The lowest BCUT2D eigenvalue weighted by molar-refractivity contribution is -0.119. The number of nitrogens with one attached hydrogen (secondary N) is 1. The molecule has 0 aliphatic rings. The number of carbonyl (C=O) groups excluding carboxylic acids is 2. The van der Waals surface area contributed by atoms with Crippen molar-refractivity contribution in [2.45, 2.75) is 30.8 Å². The molecule has 9 heteroatoms. The van der Waals surface area contributed by atoms with Gasteiger partial charge in [-0.3, -0.25) is 15.1 Å². The van der Waals surface area contributed by atoms with Gasteiger partial charge in [0, 0.05) is 24.5 Å². The molecule has 22 heavy (non-hydrogen) atoms. The fraction of sp³-hybridized carbons (Fsp3) is 0.308. The number of urea groups is 1. The Labute approximate surface area is 131 Å². The molecule has 0 bridgehead atoms. The van der Waals surface area contributed by atoms with E-state index in [1.54, 1.807) is 19.3 Å². The van der Waals surface area contributed by atoms with Crippen molar-refractivity contribution in [1.82, 2.24) is 25.1 Å². The summed E-state index contributed by atoms with van der Waals surface area (Å²) in [5, 5.41) is 10.4. The molecule has 3 amide bonds. The second-order valence-corrected chi connectivity index (χ2v) is 5.71. The molecule has 116 valence electrons. The number of primary amides is 1. The normalized spacial score (nSPS) is 11.9. The molecule has 1 atom stereocenters. The number of thioether (sulfide) groups is 1. The number of carbonyl (C=O) groups is 2. The van der Waals surface area contributed by atoms with Gasteiger partial charge in [-0.25, -0.2) is 4.79 Å². The van der Waals surface area contributed by atoms with E-state index in [0.717, 1.165) is 5.56 Å². The molecule has 3 N–H and O–H groups in total. The Kier molecular flexibility index (Phi) is 5.10. The van der Waals surface area contributed by atoms with Crippen LogP contribution in [0.5, 0.6) is 0 Å². The summed E-state index contributed by atoms with van der Waals surface area (Å²) >= 11 is 1.21. The highest BCUT2D eigenvalue weighted by molar-refractivity contribution is 8.00. The van der Waals surface area contributed by atoms with Crippen LogP contribution in [0.3, 0.4) is 0 Å². The van der Waals surface area contributed by atoms with E-state index in [0.29, 0.717) is 17.5 Å². The minimum atomic E-state index is -0.869. The van der Waals surface area contributed by atoms with Crippen molar-refractivity contribution in [1.29, 1.82) is 0 Å². The predicted octanol–water partition coefficient (Wildman–Crippen LogP) is 1.04. The average molecular weight is 320 g/mol. The van der Waals surface area contributed by atoms with E-state index in [1.807, 2.05) is 23.6 Å². The molecule has 2 aromatic heterocycles.